The van der Waals surface area contributed by atoms with Crippen LogP contribution in [-0.4, -0.2) is 24.1 Å². The van der Waals surface area contributed by atoms with Crippen molar-refractivity contribution in [2.45, 2.75) is 12.8 Å². The van der Waals surface area contributed by atoms with Gasteiger partial charge in [0.15, 0.2) is 17.5 Å². The van der Waals surface area contributed by atoms with Crippen LogP contribution in [0, 0.1) is 0 Å². The Kier molecular flexibility index (Phi) is 6.92. The van der Waals surface area contributed by atoms with E-state index in [4.69, 9.17) is 15.0 Å². The third kappa shape index (κ3) is 4.75. The van der Waals surface area contributed by atoms with Gasteiger partial charge in [0.1, 0.15) is 0 Å². The molecule has 7 aromatic carbocycles. The number of aromatic nitrogens is 5. The SMILES string of the molecule is C1=Cc2c(ccc3c2c2ccccc2n3-c2cccc(-c3nc(-c4ccccc4)nc(-c4cccc5c4c4ccccc4n5-c4ccccc4)n3)c2)CC1. The molecule has 0 atom stereocenters. The highest BCUT2D eigenvalue weighted by Crippen LogP contribution is 2.40. The molecular formula is C49H33N5. The summed E-state index contributed by atoms with van der Waals surface area (Å²) in [6.45, 7) is 0. The lowest BCUT2D eigenvalue weighted by Gasteiger charge is -2.14. The van der Waals surface area contributed by atoms with Gasteiger partial charge in [0.05, 0.1) is 22.1 Å². The van der Waals surface area contributed by atoms with Gasteiger partial charge in [-0.05, 0) is 72.5 Å². The van der Waals surface area contributed by atoms with Crippen LogP contribution in [0.15, 0.2) is 170 Å². The number of fused-ring (bicyclic) bond motifs is 8. The zero-order chi connectivity index (χ0) is 35.6. The summed E-state index contributed by atoms with van der Waals surface area (Å²) in [7, 11) is 0. The van der Waals surface area contributed by atoms with E-state index in [1.165, 1.54) is 32.9 Å². The first-order valence-corrected chi connectivity index (χ1v) is 18.5. The van der Waals surface area contributed by atoms with E-state index in [0.717, 1.165) is 62.7 Å². The van der Waals surface area contributed by atoms with E-state index in [2.05, 4.69) is 167 Å². The second kappa shape index (κ2) is 12.2. The summed E-state index contributed by atoms with van der Waals surface area (Å²) >= 11 is 0. The molecule has 1 aliphatic carbocycles. The first-order chi connectivity index (χ1) is 26.8. The van der Waals surface area contributed by atoms with Gasteiger partial charge in [-0.1, -0.05) is 127 Å². The normalized spacial score (nSPS) is 12.6. The van der Waals surface area contributed by atoms with Crippen molar-refractivity contribution in [3.63, 3.8) is 0 Å². The van der Waals surface area contributed by atoms with E-state index in [0.29, 0.717) is 17.5 Å². The number of para-hydroxylation sites is 3. The standard InChI is InChI=1S/C49H33N5/c1-3-16-33(17-4-1)47-50-48(52-49(51-47)40-25-14-28-43-46(40)39-24-10-11-26-41(39)53(43)35-19-5-2-6-20-35)34-18-13-21-36(31-34)54-42-27-12-9-23-38(42)45-37-22-8-7-15-32(37)29-30-44(45)54/h1-6,8-14,16-31H,7,15H2. The van der Waals surface area contributed by atoms with Gasteiger partial charge in [0.25, 0.3) is 0 Å². The van der Waals surface area contributed by atoms with Crippen LogP contribution in [0.2, 0.25) is 0 Å². The van der Waals surface area contributed by atoms with Crippen molar-refractivity contribution in [3.05, 3.63) is 181 Å². The molecular weight excluding hydrogens is 659 g/mol. The van der Waals surface area contributed by atoms with Crippen LogP contribution >= 0.6 is 0 Å². The van der Waals surface area contributed by atoms with Gasteiger partial charge >= 0.3 is 0 Å². The summed E-state index contributed by atoms with van der Waals surface area (Å²) in [6, 6.07) is 57.8. The van der Waals surface area contributed by atoms with Crippen molar-refractivity contribution in [3.8, 4) is 45.5 Å². The summed E-state index contributed by atoms with van der Waals surface area (Å²) in [5, 5.41) is 4.84. The Balaban J connectivity index is 1.14. The molecule has 0 unspecified atom stereocenters. The Morgan fingerprint density at radius 2 is 1.00 bits per heavy atom. The molecule has 11 rings (SSSR count). The monoisotopic (exact) mass is 691 g/mol. The fourth-order valence-corrected chi connectivity index (χ4v) is 8.44. The van der Waals surface area contributed by atoms with E-state index in [-0.39, 0.29) is 0 Å². The van der Waals surface area contributed by atoms with Crippen molar-refractivity contribution in [2.75, 3.05) is 0 Å². The van der Waals surface area contributed by atoms with Crippen LogP contribution < -0.4 is 0 Å². The van der Waals surface area contributed by atoms with Crippen LogP contribution in [0.1, 0.15) is 17.5 Å². The lowest BCUT2D eigenvalue weighted by Crippen LogP contribution is -2.01. The minimum atomic E-state index is 0.630. The van der Waals surface area contributed by atoms with Crippen molar-refractivity contribution in [1.82, 2.24) is 24.1 Å². The Labute approximate surface area is 312 Å². The quantitative estimate of drug-likeness (QED) is 0.180. The average molecular weight is 692 g/mol. The van der Waals surface area contributed by atoms with E-state index in [1.54, 1.807) is 0 Å². The highest BCUT2D eigenvalue weighted by Gasteiger charge is 2.21. The number of benzene rings is 7. The van der Waals surface area contributed by atoms with Crippen LogP contribution in [0.3, 0.4) is 0 Å². The number of aryl methyl sites for hydroxylation is 1. The zero-order valence-electron chi connectivity index (χ0n) is 29.4. The first kappa shape index (κ1) is 30.5. The summed E-state index contributed by atoms with van der Waals surface area (Å²) in [5.41, 5.74) is 12.4. The molecule has 5 heteroatoms. The average Bonchev–Trinajstić information content (AvgIpc) is 3.78. The van der Waals surface area contributed by atoms with Crippen LogP contribution in [0.4, 0.5) is 0 Å². The summed E-state index contributed by atoms with van der Waals surface area (Å²) in [4.78, 5) is 15.6. The minimum absolute atomic E-state index is 0.630. The van der Waals surface area contributed by atoms with Crippen molar-refractivity contribution in [1.29, 1.82) is 0 Å². The maximum atomic E-state index is 5.29. The third-order valence-electron chi connectivity index (χ3n) is 10.8. The highest BCUT2D eigenvalue weighted by atomic mass is 15.0. The van der Waals surface area contributed by atoms with Crippen molar-refractivity contribution < 1.29 is 0 Å². The van der Waals surface area contributed by atoms with E-state index >= 15 is 0 Å². The molecule has 0 spiro atoms. The van der Waals surface area contributed by atoms with E-state index < -0.39 is 0 Å². The van der Waals surface area contributed by atoms with Gasteiger partial charge < -0.3 is 9.13 Å². The molecule has 0 bridgehead atoms. The number of allylic oxidation sites excluding steroid dienone is 1. The molecule has 3 aromatic heterocycles. The number of hydrogen-bond acceptors (Lipinski definition) is 3. The second-order valence-electron chi connectivity index (χ2n) is 13.9. The van der Waals surface area contributed by atoms with Gasteiger partial charge in [0.2, 0.25) is 0 Å². The largest absolute Gasteiger partial charge is 0.309 e. The van der Waals surface area contributed by atoms with Gasteiger partial charge in [-0.25, -0.2) is 15.0 Å². The number of rotatable bonds is 5. The minimum Gasteiger partial charge on any atom is -0.309 e. The fourth-order valence-electron chi connectivity index (χ4n) is 8.44. The lowest BCUT2D eigenvalue weighted by atomic mass is 9.93. The maximum Gasteiger partial charge on any atom is 0.164 e. The molecule has 0 N–H and O–H groups in total. The molecule has 5 nitrogen and oxygen atoms in total. The number of hydrogen-bond donors (Lipinski definition) is 0. The van der Waals surface area contributed by atoms with Gasteiger partial charge in [-0.3, -0.25) is 0 Å². The number of nitrogens with zero attached hydrogens (tertiary/aromatic N) is 5. The predicted molar refractivity (Wildman–Crippen MR) is 222 cm³/mol. The summed E-state index contributed by atoms with van der Waals surface area (Å²) < 4.78 is 4.72. The van der Waals surface area contributed by atoms with Gasteiger partial charge in [-0.15, -0.1) is 0 Å². The molecule has 254 valence electrons. The summed E-state index contributed by atoms with van der Waals surface area (Å²) in [6.07, 6.45) is 6.77. The fraction of sp³-hybridized carbons (Fsp3) is 0.0408. The Bertz CT molecular complexity index is 3100. The molecule has 54 heavy (non-hydrogen) atoms. The van der Waals surface area contributed by atoms with Crippen molar-refractivity contribution >= 4 is 49.7 Å². The molecule has 10 aromatic rings. The predicted octanol–water partition coefficient (Wildman–Crippen LogP) is 12.0. The van der Waals surface area contributed by atoms with E-state index in [1.807, 2.05) is 18.2 Å². The van der Waals surface area contributed by atoms with Crippen LogP contribution in [-0.2, 0) is 6.42 Å². The Hall–Kier alpha value is -7.11. The molecule has 3 heterocycles. The molecule has 0 radical (unpaired) electrons. The molecule has 0 fully saturated rings. The summed E-state index contributed by atoms with van der Waals surface area (Å²) in [5.74, 6) is 1.91. The van der Waals surface area contributed by atoms with Crippen molar-refractivity contribution in [2.24, 2.45) is 0 Å². The highest BCUT2D eigenvalue weighted by molar-refractivity contribution is 6.15. The third-order valence-corrected chi connectivity index (χ3v) is 10.8. The second-order valence-corrected chi connectivity index (χ2v) is 13.9. The van der Waals surface area contributed by atoms with E-state index in [9.17, 15) is 0 Å². The lowest BCUT2D eigenvalue weighted by molar-refractivity contribution is 0.989. The first-order valence-electron chi connectivity index (χ1n) is 18.5. The molecule has 0 saturated carbocycles. The van der Waals surface area contributed by atoms with Crippen LogP contribution in [0.5, 0.6) is 0 Å². The maximum absolute atomic E-state index is 5.29. The zero-order valence-corrected chi connectivity index (χ0v) is 29.4. The smallest absolute Gasteiger partial charge is 0.164 e. The molecule has 1 aliphatic rings. The van der Waals surface area contributed by atoms with Gasteiger partial charge in [0, 0.05) is 49.6 Å². The Morgan fingerprint density at radius 1 is 0.426 bits per heavy atom. The molecule has 0 saturated heterocycles. The van der Waals surface area contributed by atoms with Crippen LogP contribution in [0.25, 0.3) is 95.2 Å². The Morgan fingerprint density at radius 3 is 1.80 bits per heavy atom. The molecule has 0 amide bonds. The van der Waals surface area contributed by atoms with Gasteiger partial charge in [-0.2, -0.15) is 0 Å². The topological polar surface area (TPSA) is 48.5 Å². The molecule has 0 aliphatic heterocycles.